The Morgan fingerprint density at radius 2 is 2.10 bits per heavy atom. The number of nitrogens with one attached hydrogen (secondary N) is 1. The van der Waals surface area contributed by atoms with Crippen molar-refractivity contribution in [2.75, 3.05) is 27.2 Å². The summed E-state index contributed by atoms with van der Waals surface area (Å²) in [4.78, 5) is 10.6. The Labute approximate surface area is 124 Å². The maximum absolute atomic E-state index is 4.39. The molecule has 0 aliphatic carbocycles. The predicted octanol–water partition coefficient (Wildman–Crippen LogP) is 3.09. The molecule has 1 fully saturated rings. The van der Waals surface area contributed by atoms with Crippen LogP contribution in [0.25, 0.3) is 0 Å². The lowest BCUT2D eigenvalue weighted by atomic mass is 9.93. The number of rotatable bonds is 5. The third-order valence-corrected chi connectivity index (χ3v) is 3.21. The number of hydrogen-bond donors (Lipinski definition) is 1. The molecule has 1 saturated heterocycles. The van der Waals surface area contributed by atoms with Crippen molar-refractivity contribution in [1.29, 1.82) is 0 Å². The van der Waals surface area contributed by atoms with Crippen LogP contribution in [0.3, 0.4) is 0 Å². The molecule has 114 valence electrons. The van der Waals surface area contributed by atoms with E-state index in [0.717, 1.165) is 31.1 Å². The summed E-state index contributed by atoms with van der Waals surface area (Å²) < 4.78 is 0. The van der Waals surface area contributed by atoms with Crippen LogP contribution in [0.4, 0.5) is 0 Å². The summed E-state index contributed by atoms with van der Waals surface area (Å²) in [6.07, 6.45) is 6.76. The van der Waals surface area contributed by atoms with Crippen molar-refractivity contribution in [3.63, 3.8) is 0 Å². The first-order chi connectivity index (χ1) is 9.72. The Bertz CT molecular complexity index is 338. The lowest BCUT2D eigenvalue weighted by molar-refractivity contribution is 0.388. The van der Waals surface area contributed by atoms with Gasteiger partial charge in [-0.3, -0.25) is 9.98 Å². The van der Waals surface area contributed by atoms with Crippen LogP contribution in [0, 0.1) is 5.92 Å². The molecule has 0 aromatic carbocycles. The number of piperidine rings is 1. The molecule has 1 unspecified atom stereocenters. The Balaban J connectivity index is 0.00000172. The van der Waals surface area contributed by atoms with Gasteiger partial charge in [0.15, 0.2) is 0 Å². The van der Waals surface area contributed by atoms with Crippen molar-refractivity contribution in [3.05, 3.63) is 25.6 Å². The van der Waals surface area contributed by atoms with Gasteiger partial charge in [0.25, 0.3) is 0 Å². The molecule has 1 heterocycles. The second-order valence-corrected chi connectivity index (χ2v) is 4.52. The topological polar surface area (TPSA) is 40.0 Å². The highest BCUT2D eigenvalue weighted by Gasteiger charge is 2.19. The minimum atomic E-state index is 0.632. The fourth-order valence-corrected chi connectivity index (χ4v) is 2.26. The van der Waals surface area contributed by atoms with Crippen LogP contribution < -0.4 is 5.32 Å². The average Bonchev–Trinajstić information content (AvgIpc) is 2.51. The van der Waals surface area contributed by atoms with E-state index in [1.54, 1.807) is 19.4 Å². The molecule has 0 bridgehead atoms. The molecule has 1 N–H and O–H groups in total. The van der Waals surface area contributed by atoms with Crippen LogP contribution in [-0.2, 0) is 0 Å². The molecule has 0 aromatic rings. The Kier molecular flexibility index (Phi) is 10.6. The Morgan fingerprint density at radius 1 is 1.40 bits per heavy atom. The predicted molar refractivity (Wildman–Crippen MR) is 90.5 cm³/mol. The van der Waals surface area contributed by atoms with E-state index in [4.69, 9.17) is 0 Å². The zero-order valence-electron chi connectivity index (χ0n) is 13.5. The number of nitrogens with zero attached hydrogens (tertiary/aromatic N) is 3. The van der Waals surface area contributed by atoms with Gasteiger partial charge in [-0.2, -0.15) is 0 Å². The van der Waals surface area contributed by atoms with E-state index < -0.39 is 0 Å². The molecule has 0 amide bonds. The summed E-state index contributed by atoms with van der Waals surface area (Å²) in [5.74, 6) is 1.50. The summed E-state index contributed by atoms with van der Waals surface area (Å²) >= 11 is 0. The molecule has 0 spiro atoms. The van der Waals surface area contributed by atoms with E-state index in [9.17, 15) is 0 Å². The molecule has 20 heavy (non-hydrogen) atoms. The van der Waals surface area contributed by atoms with Crippen molar-refractivity contribution in [3.8, 4) is 0 Å². The molecule has 1 atom stereocenters. The van der Waals surface area contributed by atoms with Gasteiger partial charge in [0, 0.05) is 20.3 Å². The monoisotopic (exact) mass is 278 g/mol. The van der Waals surface area contributed by atoms with Gasteiger partial charge in [-0.05, 0) is 44.5 Å². The third kappa shape index (κ3) is 6.15. The largest absolute Gasteiger partial charge is 0.335 e. The first kappa shape index (κ1) is 18.6. The highest BCUT2D eigenvalue weighted by atomic mass is 15.2. The second kappa shape index (κ2) is 11.4. The van der Waals surface area contributed by atoms with E-state index in [2.05, 4.69) is 28.5 Å². The molecule has 0 saturated carbocycles. The second-order valence-electron chi connectivity index (χ2n) is 4.52. The SMILES string of the molecule is C=CN=C(CC1CCCNC1)C(=NC)N(C)C=C.CC. The first-order valence-electron chi connectivity index (χ1n) is 7.43. The molecule has 4 nitrogen and oxygen atoms in total. The molecular weight excluding hydrogens is 248 g/mol. The number of aliphatic imine (C=N–C) groups is 2. The fraction of sp³-hybridized carbons (Fsp3) is 0.625. The van der Waals surface area contributed by atoms with E-state index in [-0.39, 0.29) is 0 Å². The maximum atomic E-state index is 4.39. The molecule has 1 rings (SSSR count). The van der Waals surface area contributed by atoms with Gasteiger partial charge in [-0.1, -0.05) is 27.0 Å². The third-order valence-electron chi connectivity index (χ3n) is 3.21. The first-order valence-corrected chi connectivity index (χ1v) is 7.43. The molecule has 0 radical (unpaired) electrons. The standard InChI is InChI=1S/C14H24N4.C2H6/c1-5-17-13(14(15-3)18(4)6-2)10-12-8-7-9-16-11-12;1-2/h5-6,12,16H,1-2,7-11H2,3-4H3;1-2H3. The average molecular weight is 278 g/mol. The summed E-state index contributed by atoms with van der Waals surface area (Å²) in [5, 5.41) is 3.43. The zero-order valence-corrected chi connectivity index (χ0v) is 13.5. The van der Waals surface area contributed by atoms with Crippen molar-refractivity contribution in [2.45, 2.75) is 33.1 Å². The van der Waals surface area contributed by atoms with Gasteiger partial charge in [-0.15, -0.1) is 0 Å². The van der Waals surface area contributed by atoms with Crippen molar-refractivity contribution >= 4 is 11.5 Å². The van der Waals surface area contributed by atoms with E-state index in [1.807, 2.05) is 25.8 Å². The van der Waals surface area contributed by atoms with E-state index in [0.29, 0.717) is 5.92 Å². The molecule has 4 heteroatoms. The summed E-state index contributed by atoms with van der Waals surface area (Å²) in [6.45, 7) is 13.7. The highest BCUT2D eigenvalue weighted by molar-refractivity contribution is 6.41. The van der Waals surface area contributed by atoms with E-state index >= 15 is 0 Å². The number of hydrogen-bond acceptors (Lipinski definition) is 3. The molecular formula is C16H30N4. The normalized spacial score (nSPS) is 19.7. The van der Waals surface area contributed by atoms with Gasteiger partial charge in [0.1, 0.15) is 5.84 Å². The van der Waals surface area contributed by atoms with Gasteiger partial charge < -0.3 is 10.2 Å². The van der Waals surface area contributed by atoms with Gasteiger partial charge >= 0.3 is 0 Å². The lowest BCUT2D eigenvalue weighted by Gasteiger charge is -2.25. The van der Waals surface area contributed by atoms with Gasteiger partial charge in [0.05, 0.1) is 5.71 Å². The smallest absolute Gasteiger partial charge is 0.149 e. The van der Waals surface area contributed by atoms with Crippen molar-refractivity contribution in [1.82, 2.24) is 10.2 Å². The van der Waals surface area contributed by atoms with Crippen LogP contribution in [-0.4, -0.2) is 43.6 Å². The van der Waals surface area contributed by atoms with Gasteiger partial charge in [-0.25, -0.2) is 0 Å². The van der Waals surface area contributed by atoms with Crippen LogP contribution in [0.1, 0.15) is 33.1 Å². The van der Waals surface area contributed by atoms with Crippen LogP contribution in [0.5, 0.6) is 0 Å². The highest BCUT2D eigenvalue weighted by Crippen LogP contribution is 2.16. The van der Waals surface area contributed by atoms with Crippen LogP contribution in [0.2, 0.25) is 0 Å². The minimum absolute atomic E-state index is 0.632. The van der Waals surface area contributed by atoms with Crippen molar-refractivity contribution < 1.29 is 0 Å². The summed E-state index contributed by atoms with van der Waals surface area (Å²) in [6, 6.07) is 0. The van der Waals surface area contributed by atoms with Crippen molar-refractivity contribution in [2.24, 2.45) is 15.9 Å². The Hall–Kier alpha value is -1.42. The lowest BCUT2D eigenvalue weighted by Crippen LogP contribution is -2.35. The Morgan fingerprint density at radius 3 is 2.55 bits per heavy atom. The van der Waals surface area contributed by atoms with Crippen LogP contribution >= 0.6 is 0 Å². The van der Waals surface area contributed by atoms with E-state index in [1.165, 1.54) is 12.8 Å². The minimum Gasteiger partial charge on any atom is -0.335 e. The van der Waals surface area contributed by atoms with Gasteiger partial charge in [0.2, 0.25) is 0 Å². The zero-order chi connectivity index (χ0) is 15.4. The van der Waals surface area contributed by atoms with Crippen LogP contribution in [0.15, 0.2) is 35.5 Å². The molecule has 1 aliphatic heterocycles. The molecule has 1 aliphatic rings. The molecule has 0 aromatic heterocycles. The fourth-order valence-electron chi connectivity index (χ4n) is 2.26. The quantitative estimate of drug-likeness (QED) is 0.620. The summed E-state index contributed by atoms with van der Waals surface area (Å²) in [7, 11) is 3.72. The number of amidine groups is 1. The maximum Gasteiger partial charge on any atom is 0.149 e. The summed E-state index contributed by atoms with van der Waals surface area (Å²) in [5.41, 5.74) is 0.989.